The van der Waals surface area contributed by atoms with E-state index in [0.29, 0.717) is 23.9 Å². The van der Waals surface area contributed by atoms with Gasteiger partial charge in [0.15, 0.2) is 0 Å². The van der Waals surface area contributed by atoms with Crippen LogP contribution in [-0.4, -0.2) is 24.5 Å². The first-order chi connectivity index (χ1) is 13.0. The van der Waals surface area contributed by atoms with Crippen LogP contribution in [-0.2, 0) is 0 Å². The van der Waals surface area contributed by atoms with E-state index in [1.807, 2.05) is 0 Å². The number of para-hydroxylation sites is 2. The number of nitrogens with zero attached hydrogens (tertiary/aromatic N) is 2. The molecule has 0 bridgehead atoms. The zero-order valence-electron chi connectivity index (χ0n) is 16.9. The fourth-order valence-corrected chi connectivity index (χ4v) is 3.56. The van der Waals surface area contributed by atoms with Crippen molar-refractivity contribution in [1.29, 1.82) is 0 Å². The van der Waals surface area contributed by atoms with Gasteiger partial charge in [-0.15, -0.1) is 0 Å². The van der Waals surface area contributed by atoms with Crippen molar-refractivity contribution < 1.29 is 0 Å². The molecule has 0 amide bonds. The molecule has 0 aromatic heterocycles. The lowest BCUT2D eigenvalue weighted by atomic mass is 10.0. The lowest BCUT2D eigenvalue weighted by Crippen LogP contribution is -2.31. The Hall–Kier alpha value is -2.26. The van der Waals surface area contributed by atoms with Crippen LogP contribution < -0.4 is 5.32 Å². The first kappa shape index (κ1) is 19.5. The summed E-state index contributed by atoms with van der Waals surface area (Å²) in [7, 11) is 0. The van der Waals surface area contributed by atoms with Gasteiger partial charge in [-0.05, 0) is 47.9 Å². The Morgan fingerprint density at radius 1 is 0.741 bits per heavy atom. The molecule has 2 aromatic rings. The summed E-state index contributed by atoms with van der Waals surface area (Å²) in [5, 5.41) is 3.63. The number of rotatable bonds is 6. The van der Waals surface area contributed by atoms with Gasteiger partial charge >= 0.3 is 0 Å². The second-order valence-electron chi connectivity index (χ2n) is 7.94. The molecule has 3 heteroatoms. The standard InChI is InChI=1S/C24H31N3/c1-17(2)21-9-5-7-11-23(21)25-15-19-13-14-20(27-19)16-26-24-12-8-6-10-22(24)18(3)4/h5-12,15-20,27H,13-14H2,1-4H3. The summed E-state index contributed by atoms with van der Waals surface area (Å²) in [5.41, 5.74) is 4.76. The second-order valence-corrected chi connectivity index (χ2v) is 7.94. The molecular weight excluding hydrogens is 330 g/mol. The average molecular weight is 362 g/mol. The zero-order chi connectivity index (χ0) is 19.2. The van der Waals surface area contributed by atoms with E-state index in [2.05, 4.69) is 94.0 Å². The first-order valence-electron chi connectivity index (χ1n) is 10.1. The molecule has 0 saturated carbocycles. The largest absolute Gasteiger partial charge is 0.301 e. The van der Waals surface area contributed by atoms with E-state index < -0.39 is 0 Å². The molecule has 1 heterocycles. The van der Waals surface area contributed by atoms with Crippen LogP contribution in [0.2, 0.25) is 0 Å². The first-order valence-corrected chi connectivity index (χ1v) is 10.1. The van der Waals surface area contributed by atoms with Gasteiger partial charge in [0.25, 0.3) is 0 Å². The normalized spacial score (nSPS) is 20.5. The third kappa shape index (κ3) is 5.14. The Morgan fingerprint density at radius 2 is 1.15 bits per heavy atom. The van der Waals surface area contributed by atoms with Crippen LogP contribution >= 0.6 is 0 Å². The minimum absolute atomic E-state index is 0.307. The fraction of sp³-hybridized carbons (Fsp3) is 0.417. The van der Waals surface area contributed by atoms with E-state index in [-0.39, 0.29) is 0 Å². The van der Waals surface area contributed by atoms with Crippen molar-refractivity contribution in [3.63, 3.8) is 0 Å². The van der Waals surface area contributed by atoms with Crippen molar-refractivity contribution in [2.45, 2.75) is 64.5 Å². The number of nitrogens with one attached hydrogen (secondary N) is 1. The number of aliphatic imine (C=N–C) groups is 2. The van der Waals surface area contributed by atoms with Gasteiger partial charge in [-0.1, -0.05) is 64.1 Å². The van der Waals surface area contributed by atoms with E-state index in [4.69, 9.17) is 9.98 Å². The molecule has 1 aliphatic heterocycles. The van der Waals surface area contributed by atoms with Crippen LogP contribution in [0.3, 0.4) is 0 Å². The van der Waals surface area contributed by atoms with Crippen LogP contribution in [0.1, 0.15) is 63.5 Å². The third-order valence-corrected chi connectivity index (χ3v) is 5.12. The van der Waals surface area contributed by atoms with Crippen LogP contribution in [0.25, 0.3) is 0 Å². The van der Waals surface area contributed by atoms with E-state index >= 15 is 0 Å². The van der Waals surface area contributed by atoms with Gasteiger partial charge in [-0.3, -0.25) is 9.98 Å². The Balaban J connectivity index is 1.63. The van der Waals surface area contributed by atoms with Crippen LogP contribution in [0.15, 0.2) is 58.5 Å². The molecule has 0 aliphatic carbocycles. The molecule has 2 aromatic carbocycles. The van der Waals surface area contributed by atoms with Crippen molar-refractivity contribution in [3.8, 4) is 0 Å². The Bertz CT molecular complexity index is 737. The minimum Gasteiger partial charge on any atom is -0.301 e. The van der Waals surface area contributed by atoms with Gasteiger partial charge in [-0.2, -0.15) is 0 Å². The van der Waals surface area contributed by atoms with Crippen LogP contribution in [0.5, 0.6) is 0 Å². The van der Waals surface area contributed by atoms with Crippen molar-refractivity contribution in [1.82, 2.24) is 5.32 Å². The van der Waals surface area contributed by atoms with Gasteiger partial charge in [0, 0.05) is 24.5 Å². The van der Waals surface area contributed by atoms with Crippen molar-refractivity contribution >= 4 is 23.8 Å². The maximum Gasteiger partial charge on any atom is 0.0660 e. The van der Waals surface area contributed by atoms with Gasteiger partial charge < -0.3 is 5.32 Å². The lowest BCUT2D eigenvalue weighted by Gasteiger charge is -2.11. The van der Waals surface area contributed by atoms with E-state index in [9.17, 15) is 0 Å². The molecule has 2 atom stereocenters. The number of benzene rings is 2. The zero-order valence-corrected chi connectivity index (χ0v) is 16.9. The topological polar surface area (TPSA) is 36.8 Å². The molecule has 142 valence electrons. The molecule has 2 unspecified atom stereocenters. The highest BCUT2D eigenvalue weighted by Crippen LogP contribution is 2.27. The molecule has 0 spiro atoms. The minimum atomic E-state index is 0.307. The van der Waals surface area contributed by atoms with E-state index in [1.165, 1.54) is 11.1 Å². The molecule has 3 rings (SSSR count). The van der Waals surface area contributed by atoms with Crippen molar-refractivity contribution in [2.24, 2.45) is 9.98 Å². The monoisotopic (exact) mass is 361 g/mol. The summed E-state index contributed by atoms with van der Waals surface area (Å²) < 4.78 is 0. The van der Waals surface area contributed by atoms with E-state index in [0.717, 1.165) is 24.2 Å². The highest BCUT2D eigenvalue weighted by Gasteiger charge is 2.21. The third-order valence-electron chi connectivity index (χ3n) is 5.12. The molecule has 3 nitrogen and oxygen atoms in total. The van der Waals surface area contributed by atoms with Gasteiger partial charge in [0.2, 0.25) is 0 Å². The summed E-state index contributed by atoms with van der Waals surface area (Å²) >= 11 is 0. The Kier molecular flexibility index (Phi) is 6.57. The summed E-state index contributed by atoms with van der Waals surface area (Å²) in [6.07, 6.45) is 6.32. The molecule has 27 heavy (non-hydrogen) atoms. The maximum absolute atomic E-state index is 4.77. The maximum atomic E-state index is 4.77. The average Bonchev–Trinajstić information content (AvgIpc) is 3.13. The highest BCUT2D eigenvalue weighted by atomic mass is 15.0. The fourth-order valence-electron chi connectivity index (χ4n) is 3.56. The summed E-state index contributed by atoms with van der Waals surface area (Å²) in [5.74, 6) is 0.964. The van der Waals surface area contributed by atoms with E-state index in [1.54, 1.807) is 0 Å². The predicted octanol–water partition coefficient (Wildman–Crippen LogP) is 6.16. The predicted molar refractivity (Wildman–Crippen MR) is 117 cm³/mol. The molecule has 1 N–H and O–H groups in total. The Morgan fingerprint density at radius 3 is 1.56 bits per heavy atom. The number of hydrogen-bond donors (Lipinski definition) is 1. The van der Waals surface area contributed by atoms with Crippen molar-refractivity contribution in [2.75, 3.05) is 0 Å². The molecule has 1 aliphatic rings. The van der Waals surface area contributed by atoms with Gasteiger partial charge in [0.1, 0.15) is 0 Å². The smallest absolute Gasteiger partial charge is 0.0660 e. The van der Waals surface area contributed by atoms with Crippen LogP contribution in [0.4, 0.5) is 11.4 Å². The molecule has 0 radical (unpaired) electrons. The summed E-state index contributed by atoms with van der Waals surface area (Å²) in [6.45, 7) is 8.85. The summed E-state index contributed by atoms with van der Waals surface area (Å²) in [4.78, 5) is 9.53. The Labute approximate surface area is 163 Å². The number of hydrogen-bond acceptors (Lipinski definition) is 3. The van der Waals surface area contributed by atoms with Crippen molar-refractivity contribution in [3.05, 3.63) is 59.7 Å². The molecule has 1 saturated heterocycles. The quantitative estimate of drug-likeness (QED) is 0.615. The molecular formula is C24H31N3. The SMILES string of the molecule is CC(C)c1ccccc1N=CC1CCC(C=Nc2ccccc2C(C)C)N1. The van der Waals surface area contributed by atoms with Crippen LogP contribution in [0, 0.1) is 0 Å². The van der Waals surface area contributed by atoms with Gasteiger partial charge in [-0.25, -0.2) is 0 Å². The second kappa shape index (κ2) is 9.09. The van der Waals surface area contributed by atoms with Gasteiger partial charge in [0.05, 0.1) is 11.4 Å². The molecule has 1 fully saturated rings. The highest BCUT2D eigenvalue weighted by molar-refractivity contribution is 5.75. The lowest BCUT2D eigenvalue weighted by molar-refractivity contribution is 0.730. The summed E-state index contributed by atoms with van der Waals surface area (Å²) in [6, 6.07) is 17.4.